The summed E-state index contributed by atoms with van der Waals surface area (Å²) in [5, 5.41) is 11.2. The molecule has 1 aliphatic rings. The Morgan fingerprint density at radius 3 is 2.72 bits per heavy atom. The second kappa shape index (κ2) is 8.57. The zero-order valence-electron chi connectivity index (χ0n) is 15.4. The Balaban J connectivity index is 1.88. The van der Waals surface area contributed by atoms with E-state index in [1.165, 1.54) is 31.4 Å². The number of sulfonamides is 1. The quantitative estimate of drug-likeness (QED) is 0.740. The normalized spacial score (nSPS) is 16.2. The lowest BCUT2D eigenvalue weighted by atomic mass is 10.1. The smallest absolute Gasteiger partial charge is 0.259 e. The van der Waals surface area contributed by atoms with Crippen molar-refractivity contribution in [2.45, 2.75) is 17.4 Å². The molecule has 1 saturated heterocycles. The average molecular weight is 419 g/mol. The van der Waals surface area contributed by atoms with Gasteiger partial charge in [0.15, 0.2) is 0 Å². The minimum atomic E-state index is -3.89. The molecule has 0 aromatic heterocycles. The van der Waals surface area contributed by atoms with Crippen molar-refractivity contribution in [3.8, 4) is 11.8 Å². The maximum absolute atomic E-state index is 14.1. The fraction of sp³-hybridized carbons (Fsp3) is 0.263. The molecule has 2 N–H and O–H groups in total. The van der Waals surface area contributed by atoms with Crippen LogP contribution in [0, 0.1) is 17.1 Å². The molecule has 3 rings (SSSR count). The SMILES string of the molecule is COc1ccc(S(=O)(=O)N[C@H]2CCOC2)cc1C(=O)Nc1ccc(C#N)cc1F. The number of halogens is 1. The molecule has 0 unspecified atom stereocenters. The first-order valence-corrected chi connectivity index (χ1v) is 10.1. The van der Waals surface area contributed by atoms with Crippen LogP contribution < -0.4 is 14.8 Å². The number of amides is 1. The van der Waals surface area contributed by atoms with Crippen LogP contribution in [0.4, 0.5) is 10.1 Å². The molecule has 1 amide bonds. The fourth-order valence-electron chi connectivity index (χ4n) is 2.82. The van der Waals surface area contributed by atoms with Gasteiger partial charge in [-0.05, 0) is 42.8 Å². The summed E-state index contributed by atoms with van der Waals surface area (Å²) in [6.07, 6.45) is 0.556. The Hall–Kier alpha value is -3.00. The van der Waals surface area contributed by atoms with Gasteiger partial charge in [0.25, 0.3) is 5.91 Å². The van der Waals surface area contributed by atoms with E-state index >= 15 is 0 Å². The molecule has 0 bridgehead atoms. The molecule has 0 spiro atoms. The van der Waals surface area contributed by atoms with Crippen LogP contribution in [0.25, 0.3) is 0 Å². The molecular weight excluding hydrogens is 401 g/mol. The summed E-state index contributed by atoms with van der Waals surface area (Å²) in [6.45, 7) is 0.750. The highest BCUT2D eigenvalue weighted by Gasteiger charge is 2.25. The predicted molar refractivity (Wildman–Crippen MR) is 102 cm³/mol. The second-order valence-electron chi connectivity index (χ2n) is 6.30. The van der Waals surface area contributed by atoms with Gasteiger partial charge in [-0.25, -0.2) is 17.5 Å². The average Bonchev–Trinajstić information content (AvgIpc) is 3.21. The number of nitriles is 1. The monoisotopic (exact) mass is 419 g/mol. The van der Waals surface area contributed by atoms with Gasteiger partial charge in [-0.15, -0.1) is 0 Å². The molecule has 2 aromatic carbocycles. The molecule has 10 heteroatoms. The molecular formula is C19H18FN3O5S. The molecule has 0 radical (unpaired) electrons. The van der Waals surface area contributed by atoms with Crippen molar-refractivity contribution in [2.75, 3.05) is 25.6 Å². The largest absolute Gasteiger partial charge is 0.496 e. The first kappa shape index (κ1) is 20.7. The zero-order valence-corrected chi connectivity index (χ0v) is 16.3. The highest BCUT2D eigenvalue weighted by Crippen LogP contribution is 2.25. The highest BCUT2D eigenvalue weighted by atomic mass is 32.2. The Labute approximate surface area is 167 Å². The number of benzene rings is 2. The van der Waals surface area contributed by atoms with E-state index in [0.717, 1.165) is 12.1 Å². The summed E-state index contributed by atoms with van der Waals surface area (Å²) in [4.78, 5) is 12.5. The van der Waals surface area contributed by atoms with Gasteiger partial charge in [-0.1, -0.05) is 0 Å². The summed E-state index contributed by atoms with van der Waals surface area (Å²) in [5.41, 5.74) is -0.125. The van der Waals surface area contributed by atoms with Crippen LogP contribution in [0.5, 0.6) is 5.75 Å². The van der Waals surface area contributed by atoms with Gasteiger partial charge >= 0.3 is 0 Å². The van der Waals surface area contributed by atoms with Crippen molar-refractivity contribution in [1.29, 1.82) is 5.26 Å². The van der Waals surface area contributed by atoms with Crippen LogP contribution in [0.2, 0.25) is 0 Å². The van der Waals surface area contributed by atoms with E-state index in [-0.39, 0.29) is 40.1 Å². The van der Waals surface area contributed by atoms with Crippen molar-refractivity contribution < 1.29 is 27.1 Å². The van der Waals surface area contributed by atoms with Crippen LogP contribution in [-0.4, -0.2) is 40.7 Å². The third-order valence-corrected chi connectivity index (χ3v) is 5.84. The number of anilines is 1. The van der Waals surface area contributed by atoms with Crippen LogP contribution in [-0.2, 0) is 14.8 Å². The zero-order chi connectivity index (χ0) is 21.0. The van der Waals surface area contributed by atoms with E-state index in [4.69, 9.17) is 14.7 Å². The molecule has 1 fully saturated rings. The number of nitrogens with zero attached hydrogens (tertiary/aromatic N) is 1. The summed E-state index contributed by atoms with van der Waals surface area (Å²) >= 11 is 0. The van der Waals surface area contributed by atoms with E-state index in [0.29, 0.717) is 13.0 Å². The molecule has 8 nitrogen and oxygen atoms in total. The third-order valence-electron chi connectivity index (χ3n) is 4.32. The predicted octanol–water partition coefficient (Wildman–Crippen LogP) is 2.03. The van der Waals surface area contributed by atoms with Gasteiger partial charge in [0, 0.05) is 12.6 Å². The third kappa shape index (κ3) is 4.71. The standard InChI is InChI=1S/C19H18FN3O5S/c1-27-18-5-3-14(29(25,26)23-13-6-7-28-11-13)9-15(18)19(24)22-17-4-2-12(10-21)8-16(17)20/h2-5,8-9,13,23H,6-7,11H2,1H3,(H,22,24)/t13-/m0/s1. The number of nitrogens with one attached hydrogen (secondary N) is 2. The van der Waals surface area contributed by atoms with Crippen LogP contribution in [0.15, 0.2) is 41.3 Å². The molecule has 152 valence electrons. The Kier molecular flexibility index (Phi) is 6.12. The lowest BCUT2D eigenvalue weighted by molar-refractivity contribution is 0.102. The van der Waals surface area contributed by atoms with Gasteiger partial charge in [0.2, 0.25) is 10.0 Å². The van der Waals surface area contributed by atoms with Gasteiger partial charge in [-0.3, -0.25) is 4.79 Å². The van der Waals surface area contributed by atoms with Crippen LogP contribution in [0.3, 0.4) is 0 Å². The van der Waals surface area contributed by atoms with Crippen LogP contribution >= 0.6 is 0 Å². The van der Waals surface area contributed by atoms with Gasteiger partial charge in [-0.2, -0.15) is 5.26 Å². The van der Waals surface area contributed by atoms with Crippen molar-refractivity contribution in [3.63, 3.8) is 0 Å². The molecule has 29 heavy (non-hydrogen) atoms. The highest BCUT2D eigenvalue weighted by molar-refractivity contribution is 7.89. The first-order chi connectivity index (χ1) is 13.8. The van der Waals surface area contributed by atoms with Crippen molar-refractivity contribution in [1.82, 2.24) is 4.72 Å². The van der Waals surface area contributed by atoms with E-state index in [9.17, 15) is 17.6 Å². The summed E-state index contributed by atoms with van der Waals surface area (Å²) in [5.74, 6) is -1.42. The van der Waals surface area contributed by atoms with E-state index in [1.54, 1.807) is 6.07 Å². The van der Waals surface area contributed by atoms with Crippen molar-refractivity contribution >= 4 is 21.6 Å². The van der Waals surface area contributed by atoms with Gasteiger partial charge in [0.05, 0.1) is 41.5 Å². The van der Waals surface area contributed by atoms with E-state index in [1.807, 2.05) is 0 Å². The summed E-state index contributed by atoms with van der Waals surface area (Å²) in [6, 6.07) is 8.87. The van der Waals surface area contributed by atoms with E-state index in [2.05, 4.69) is 10.0 Å². The van der Waals surface area contributed by atoms with Gasteiger partial charge < -0.3 is 14.8 Å². The number of hydrogen-bond acceptors (Lipinski definition) is 6. The minimum absolute atomic E-state index is 0.0817. The maximum atomic E-state index is 14.1. The Morgan fingerprint density at radius 2 is 2.10 bits per heavy atom. The molecule has 1 atom stereocenters. The lowest BCUT2D eigenvalue weighted by Crippen LogP contribution is -2.35. The number of ether oxygens (including phenoxy) is 2. The molecule has 0 saturated carbocycles. The van der Waals surface area contributed by atoms with Crippen molar-refractivity contribution in [3.05, 3.63) is 53.3 Å². The van der Waals surface area contributed by atoms with Crippen molar-refractivity contribution in [2.24, 2.45) is 0 Å². The molecule has 1 heterocycles. The van der Waals surface area contributed by atoms with E-state index < -0.39 is 21.7 Å². The number of methoxy groups -OCH3 is 1. The number of carbonyl (C=O) groups is 1. The molecule has 2 aromatic rings. The topological polar surface area (TPSA) is 118 Å². The second-order valence-corrected chi connectivity index (χ2v) is 8.02. The number of carbonyl (C=O) groups excluding carboxylic acids is 1. The number of hydrogen-bond donors (Lipinski definition) is 2. The molecule has 0 aliphatic carbocycles. The fourth-order valence-corrected chi connectivity index (χ4v) is 4.10. The molecule has 1 aliphatic heterocycles. The first-order valence-electron chi connectivity index (χ1n) is 8.63. The summed E-state index contributed by atoms with van der Waals surface area (Å²) < 4.78 is 52.1. The Morgan fingerprint density at radius 1 is 1.31 bits per heavy atom. The minimum Gasteiger partial charge on any atom is -0.496 e. The van der Waals surface area contributed by atoms with Gasteiger partial charge in [0.1, 0.15) is 11.6 Å². The van der Waals surface area contributed by atoms with Crippen LogP contribution in [0.1, 0.15) is 22.3 Å². The Bertz CT molecular complexity index is 1080. The maximum Gasteiger partial charge on any atom is 0.259 e. The number of rotatable bonds is 6. The lowest BCUT2D eigenvalue weighted by Gasteiger charge is -2.14. The summed E-state index contributed by atoms with van der Waals surface area (Å²) in [7, 11) is -2.56.